The minimum Gasteiger partial charge on any atom is -0.392 e. The van der Waals surface area contributed by atoms with E-state index in [4.69, 9.17) is 0 Å². The zero-order chi connectivity index (χ0) is 14.8. The Hall–Kier alpha value is -1.03. The van der Waals surface area contributed by atoms with Crippen LogP contribution in [0.4, 0.5) is 13.2 Å². The van der Waals surface area contributed by atoms with Crippen molar-refractivity contribution in [3.63, 3.8) is 0 Å². The Balaban J connectivity index is 1.97. The molecule has 2 rings (SSSR count). The van der Waals surface area contributed by atoms with E-state index in [1.165, 1.54) is 0 Å². The quantitative estimate of drug-likeness (QED) is 0.880. The van der Waals surface area contributed by atoms with Crippen molar-refractivity contribution in [3.8, 4) is 0 Å². The van der Waals surface area contributed by atoms with Crippen molar-refractivity contribution in [1.82, 2.24) is 0 Å². The van der Waals surface area contributed by atoms with Crippen molar-refractivity contribution in [2.24, 2.45) is 11.8 Å². The van der Waals surface area contributed by atoms with Gasteiger partial charge < -0.3 is 5.11 Å². The first kappa shape index (κ1) is 15.4. The highest BCUT2D eigenvalue weighted by Crippen LogP contribution is 2.41. The molecule has 3 atom stereocenters. The summed E-state index contributed by atoms with van der Waals surface area (Å²) in [5, 5.41) is 10.2. The van der Waals surface area contributed by atoms with Gasteiger partial charge >= 0.3 is 6.18 Å². The lowest BCUT2D eigenvalue weighted by molar-refractivity contribution is -0.188. The van der Waals surface area contributed by atoms with Crippen LogP contribution in [0, 0.1) is 18.8 Å². The normalized spacial score (nSPS) is 25.4. The third-order valence-electron chi connectivity index (χ3n) is 4.25. The fourth-order valence-corrected chi connectivity index (χ4v) is 3.12. The lowest BCUT2D eigenvalue weighted by Gasteiger charge is -2.33. The molecular formula is C16H21F3O. The highest BCUT2D eigenvalue weighted by molar-refractivity contribution is 5.22. The molecule has 0 radical (unpaired) electrons. The van der Waals surface area contributed by atoms with Gasteiger partial charge in [0.25, 0.3) is 0 Å². The van der Waals surface area contributed by atoms with Gasteiger partial charge in [0.2, 0.25) is 0 Å². The summed E-state index contributed by atoms with van der Waals surface area (Å²) in [6, 6.07) is 7.78. The van der Waals surface area contributed by atoms with Crippen LogP contribution in [-0.2, 0) is 6.42 Å². The van der Waals surface area contributed by atoms with E-state index in [1.807, 2.05) is 31.2 Å². The van der Waals surface area contributed by atoms with Gasteiger partial charge in [-0.1, -0.05) is 36.2 Å². The van der Waals surface area contributed by atoms with Crippen molar-refractivity contribution in [2.45, 2.75) is 51.3 Å². The number of hydrogen-bond donors (Lipinski definition) is 1. The predicted octanol–water partition coefficient (Wildman–Crippen LogP) is 4.27. The molecule has 1 aliphatic carbocycles. The summed E-state index contributed by atoms with van der Waals surface area (Å²) < 4.78 is 38.3. The maximum absolute atomic E-state index is 12.8. The summed E-state index contributed by atoms with van der Waals surface area (Å²) >= 11 is 0. The Morgan fingerprint density at radius 1 is 1.30 bits per heavy atom. The standard InChI is InChI=1S/C16H21F3O/c1-11-4-2-5-12(8-11)9-15(20)13-6-3-7-14(10-13)16(17,18)19/h2,4-5,8,13-15,20H,3,6-7,9-10H2,1H3. The van der Waals surface area contributed by atoms with Gasteiger partial charge in [-0.25, -0.2) is 0 Å². The van der Waals surface area contributed by atoms with Crippen LogP contribution in [0.1, 0.15) is 36.8 Å². The second-order valence-corrected chi connectivity index (χ2v) is 5.93. The maximum Gasteiger partial charge on any atom is 0.391 e. The molecule has 0 aromatic heterocycles. The Labute approximate surface area is 117 Å². The fraction of sp³-hybridized carbons (Fsp3) is 0.625. The Morgan fingerprint density at radius 2 is 2.05 bits per heavy atom. The highest BCUT2D eigenvalue weighted by atomic mass is 19.4. The molecule has 20 heavy (non-hydrogen) atoms. The van der Waals surface area contributed by atoms with E-state index in [2.05, 4.69) is 0 Å². The predicted molar refractivity (Wildman–Crippen MR) is 72.4 cm³/mol. The largest absolute Gasteiger partial charge is 0.392 e. The van der Waals surface area contributed by atoms with Crippen LogP contribution >= 0.6 is 0 Å². The molecule has 1 fully saturated rings. The molecule has 3 unspecified atom stereocenters. The van der Waals surface area contributed by atoms with Crippen molar-refractivity contribution in [3.05, 3.63) is 35.4 Å². The Kier molecular flexibility index (Phi) is 4.74. The van der Waals surface area contributed by atoms with E-state index in [-0.39, 0.29) is 18.8 Å². The molecule has 0 spiro atoms. The molecule has 0 aliphatic heterocycles. The van der Waals surface area contributed by atoms with Crippen LogP contribution in [0.3, 0.4) is 0 Å². The summed E-state index contributed by atoms with van der Waals surface area (Å²) in [7, 11) is 0. The molecule has 0 heterocycles. The minimum absolute atomic E-state index is 0.0660. The molecule has 4 heteroatoms. The SMILES string of the molecule is Cc1cccc(CC(O)C2CCCC(C(F)(F)F)C2)c1. The Bertz CT molecular complexity index is 442. The van der Waals surface area contributed by atoms with Crippen LogP contribution in [0.25, 0.3) is 0 Å². The molecule has 0 bridgehead atoms. The summed E-state index contributed by atoms with van der Waals surface area (Å²) in [5.41, 5.74) is 2.10. The zero-order valence-corrected chi connectivity index (χ0v) is 11.7. The van der Waals surface area contributed by atoms with Gasteiger partial charge in [-0.2, -0.15) is 13.2 Å². The highest BCUT2D eigenvalue weighted by Gasteiger charge is 2.43. The average Bonchev–Trinajstić information content (AvgIpc) is 2.38. The molecule has 0 saturated heterocycles. The first-order chi connectivity index (χ1) is 9.36. The number of benzene rings is 1. The first-order valence-corrected chi connectivity index (χ1v) is 7.16. The molecule has 1 aromatic carbocycles. The van der Waals surface area contributed by atoms with E-state index in [0.717, 1.165) is 11.1 Å². The monoisotopic (exact) mass is 286 g/mol. The third kappa shape index (κ3) is 3.98. The Morgan fingerprint density at radius 3 is 2.70 bits per heavy atom. The minimum atomic E-state index is -4.12. The molecule has 0 amide bonds. The summed E-state index contributed by atoms with van der Waals surface area (Å²) in [4.78, 5) is 0. The smallest absolute Gasteiger partial charge is 0.391 e. The van der Waals surface area contributed by atoms with E-state index in [1.54, 1.807) is 0 Å². The summed E-state index contributed by atoms with van der Waals surface area (Å²) in [6.45, 7) is 1.97. The lowest BCUT2D eigenvalue weighted by Crippen LogP contribution is -2.34. The number of aryl methyl sites for hydroxylation is 1. The number of alkyl halides is 3. The van der Waals surface area contributed by atoms with E-state index < -0.39 is 18.2 Å². The molecule has 1 aromatic rings. The summed E-state index contributed by atoms with van der Waals surface area (Å²) in [5.74, 6) is -1.48. The van der Waals surface area contributed by atoms with Crippen molar-refractivity contribution in [1.29, 1.82) is 0 Å². The fourth-order valence-electron chi connectivity index (χ4n) is 3.12. The molecule has 1 aliphatic rings. The molecule has 1 saturated carbocycles. The van der Waals surface area contributed by atoms with Crippen molar-refractivity contribution in [2.75, 3.05) is 0 Å². The number of aliphatic hydroxyl groups is 1. The zero-order valence-electron chi connectivity index (χ0n) is 11.7. The molecule has 1 nitrogen and oxygen atoms in total. The van der Waals surface area contributed by atoms with Crippen LogP contribution in [0.2, 0.25) is 0 Å². The number of aliphatic hydroxyl groups excluding tert-OH is 1. The second-order valence-electron chi connectivity index (χ2n) is 5.93. The molecular weight excluding hydrogens is 265 g/mol. The van der Waals surface area contributed by atoms with Crippen LogP contribution in [0.15, 0.2) is 24.3 Å². The van der Waals surface area contributed by atoms with E-state index in [0.29, 0.717) is 19.3 Å². The first-order valence-electron chi connectivity index (χ1n) is 7.16. The van der Waals surface area contributed by atoms with Gasteiger partial charge in [-0.05, 0) is 44.1 Å². The van der Waals surface area contributed by atoms with Gasteiger partial charge in [0.05, 0.1) is 12.0 Å². The molecule has 1 N–H and O–H groups in total. The van der Waals surface area contributed by atoms with Crippen molar-refractivity contribution >= 4 is 0 Å². The third-order valence-corrected chi connectivity index (χ3v) is 4.25. The number of halogens is 3. The van der Waals surface area contributed by atoms with Crippen LogP contribution in [-0.4, -0.2) is 17.4 Å². The van der Waals surface area contributed by atoms with Gasteiger partial charge in [0.15, 0.2) is 0 Å². The maximum atomic E-state index is 12.8. The molecule has 112 valence electrons. The summed E-state index contributed by atoms with van der Waals surface area (Å²) in [6.07, 6.45) is -2.84. The van der Waals surface area contributed by atoms with E-state index >= 15 is 0 Å². The van der Waals surface area contributed by atoms with Gasteiger partial charge in [0.1, 0.15) is 0 Å². The van der Waals surface area contributed by atoms with E-state index in [9.17, 15) is 18.3 Å². The second kappa shape index (κ2) is 6.17. The average molecular weight is 286 g/mol. The number of hydrogen-bond acceptors (Lipinski definition) is 1. The van der Waals surface area contributed by atoms with Gasteiger partial charge in [-0.3, -0.25) is 0 Å². The van der Waals surface area contributed by atoms with Gasteiger partial charge in [0, 0.05) is 0 Å². The van der Waals surface area contributed by atoms with Crippen LogP contribution < -0.4 is 0 Å². The number of rotatable bonds is 3. The van der Waals surface area contributed by atoms with Crippen LogP contribution in [0.5, 0.6) is 0 Å². The topological polar surface area (TPSA) is 20.2 Å². The van der Waals surface area contributed by atoms with Crippen molar-refractivity contribution < 1.29 is 18.3 Å². The lowest BCUT2D eigenvalue weighted by atomic mass is 9.77. The van der Waals surface area contributed by atoms with Gasteiger partial charge in [-0.15, -0.1) is 0 Å².